The Balaban J connectivity index is 1.54. The van der Waals surface area contributed by atoms with Crippen molar-refractivity contribution in [1.29, 1.82) is 0 Å². The van der Waals surface area contributed by atoms with Crippen LogP contribution in [0.5, 0.6) is 0 Å². The van der Waals surface area contributed by atoms with Crippen LogP contribution >= 0.6 is 11.8 Å². The van der Waals surface area contributed by atoms with Crippen molar-refractivity contribution in [3.05, 3.63) is 65.7 Å². The Morgan fingerprint density at radius 1 is 1.12 bits per heavy atom. The number of benzene rings is 2. The van der Waals surface area contributed by atoms with Gasteiger partial charge >= 0.3 is 0 Å². The van der Waals surface area contributed by atoms with Crippen LogP contribution in [0.25, 0.3) is 11.5 Å². The molecule has 0 aliphatic heterocycles. The van der Waals surface area contributed by atoms with E-state index < -0.39 is 0 Å². The fraction of sp³-hybridized carbons (Fsp3) is 0.211. The zero-order valence-electron chi connectivity index (χ0n) is 14.1. The average molecular weight is 353 g/mol. The molecule has 1 unspecified atom stereocenters. The van der Waals surface area contributed by atoms with Gasteiger partial charge in [0, 0.05) is 12.1 Å². The van der Waals surface area contributed by atoms with Gasteiger partial charge in [0.15, 0.2) is 0 Å². The monoisotopic (exact) mass is 353 g/mol. The molecule has 1 atom stereocenters. The van der Waals surface area contributed by atoms with Gasteiger partial charge in [-0.25, -0.2) is 0 Å². The van der Waals surface area contributed by atoms with Crippen LogP contribution in [0.3, 0.4) is 0 Å². The van der Waals surface area contributed by atoms with Crippen LogP contribution in [-0.2, 0) is 11.3 Å². The summed E-state index contributed by atoms with van der Waals surface area (Å²) in [5, 5.41) is 11.0. The van der Waals surface area contributed by atoms with Crippen LogP contribution < -0.4 is 5.32 Å². The Kier molecular flexibility index (Phi) is 5.50. The molecule has 25 heavy (non-hydrogen) atoms. The standard InChI is InChI=1S/C19H19N3O2S/c1-13-8-10-15(11-9-13)12-20-17(23)14(2)25-19-22-21-18(24-19)16-6-4-3-5-7-16/h3-11,14H,12H2,1-2H3,(H,20,23). The third-order valence-corrected chi connectivity index (χ3v) is 4.60. The molecule has 3 rings (SSSR count). The summed E-state index contributed by atoms with van der Waals surface area (Å²) in [5.74, 6) is 0.389. The quantitative estimate of drug-likeness (QED) is 0.682. The maximum Gasteiger partial charge on any atom is 0.277 e. The Morgan fingerprint density at radius 3 is 2.56 bits per heavy atom. The highest BCUT2D eigenvalue weighted by atomic mass is 32.2. The Bertz CT molecular complexity index is 831. The summed E-state index contributed by atoms with van der Waals surface area (Å²) in [5.41, 5.74) is 3.13. The van der Waals surface area contributed by atoms with Gasteiger partial charge in [-0.2, -0.15) is 0 Å². The summed E-state index contributed by atoms with van der Waals surface area (Å²) in [6, 6.07) is 17.6. The molecule has 0 saturated carbocycles. The van der Waals surface area contributed by atoms with Gasteiger partial charge in [-0.1, -0.05) is 59.8 Å². The molecule has 1 N–H and O–H groups in total. The van der Waals surface area contributed by atoms with Crippen molar-refractivity contribution < 1.29 is 9.21 Å². The summed E-state index contributed by atoms with van der Waals surface area (Å²) >= 11 is 1.25. The maximum absolute atomic E-state index is 12.2. The molecule has 0 aliphatic carbocycles. The first kappa shape index (κ1) is 17.2. The number of aryl methyl sites for hydroxylation is 1. The molecule has 2 aromatic carbocycles. The van der Waals surface area contributed by atoms with Crippen molar-refractivity contribution in [3.8, 4) is 11.5 Å². The molecule has 0 aliphatic rings. The zero-order chi connectivity index (χ0) is 17.6. The van der Waals surface area contributed by atoms with E-state index in [0.29, 0.717) is 17.7 Å². The molecule has 128 valence electrons. The van der Waals surface area contributed by atoms with Crippen LogP contribution in [0.2, 0.25) is 0 Å². The summed E-state index contributed by atoms with van der Waals surface area (Å²) in [7, 11) is 0. The number of nitrogens with one attached hydrogen (secondary N) is 1. The highest BCUT2D eigenvalue weighted by Gasteiger charge is 2.18. The van der Waals surface area contributed by atoms with Crippen LogP contribution in [0.15, 0.2) is 64.2 Å². The second-order valence-electron chi connectivity index (χ2n) is 5.70. The van der Waals surface area contributed by atoms with Gasteiger partial charge in [0.2, 0.25) is 11.8 Å². The largest absolute Gasteiger partial charge is 0.411 e. The molecule has 0 spiro atoms. The highest BCUT2D eigenvalue weighted by molar-refractivity contribution is 8.00. The number of hydrogen-bond acceptors (Lipinski definition) is 5. The van der Waals surface area contributed by atoms with Crippen molar-refractivity contribution in [3.63, 3.8) is 0 Å². The van der Waals surface area contributed by atoms with Gasteiger partial charge in [-0.05, 0) is 31.5 Å². The van der Waals surface area contributed by atoms with E-state index in [-0.39, 0.29) is 11.2 Å². The zero-order valence-corrected chi connectivity index (χ0v) is 14.9. The normalized spacial score (nSPS) is 11.9. The van der Waals surface area contributed by atoms with E-state index in [4.69, 9.17) is 4.42 Å². The number of carbonyl (C=O) groups is 1. The first-order valence-electron chi connectivity index (χ1n) is 8.00. The van der Waals surface area contributed by atoms with Gasteiger partial charge in [-0.3, -0.25) is 4.79 Å². The van der Waals surface area contributed by atoms with Crippen molar-refractivity contribution in [2.45, 2.75) is 30.9 Å². The third-order valence-electron chi connectivity index (χ3n) is 3.66. The van der Waals surface area contributed by atoms with E-state index >= 15 is 0 Å². The predicted octanol–water partition coefficient (Wildman–Crippen LogP) is 3.84. The molecule has 5 nitrogen and oxygen atoms in total. The minimum absolute atomic E-state index is 0.0648. The molecule has 3 aromatic rings. The molecule has 0 fully saturated rings. The molecule has 0 radical (unpaired) electrons. The topological polar surface area (TPSA) is 68.0 Å². The third kappa shape index (κ3) is 4.70. The fourth-order valence-corrected chi connectivity index (χ4v) is 2.91. The molecular weight excluding hydrogens is 334 g/mol. The number of nitrogens with zero attached hydrogens (tertiary/aromatic N) is 2. The Hall–Kier alpha value is -2.60. The van der Waals surface area contributed by atoms with Gasteiger partial charge in [0.1, 0.15) is 0 Å². The fourth-order valence-electron chi connectivity index (χ4n) is 2.20. The lowest BCUT2D eigenvalue weighted by atomic mass is 10.1. The van der Waals surface area contributed by atoms with Crippen LogP contribution in [-0.4, -0.2) is 21.4 Å². The molecule has 0 bridgehead atoms. The smallest absolute Gasteiger partial charge is 0.277 e. The van der Waals surface area contributed by atoms with Crippen molar-refractivity contribution >= 4 is 17.7 Å². The number of aromatic nitrogens is 2. The maximum atomic E-state index is 12.2. The summed E-state index contributed by atoms with van der Waals surface area (Å²) < 4.78 is 5.63. The van der Waals surface area contributed by atoms with Crippen LogP contribution in [0, 0.1) is 6.92 Å². The Labute approximate surface area is 150 Å². The molecule has 1 amide bonds. The van der Waals surface area contributed by atoms with Gasteiger partial charge in [0.05, 0.1) is 5.25 Å². The highest BCUT2D eigenvalue weighted by Crippen LogP contribution is 2.26. The molecular formula is C19H19N3O2S. The summed E-state index contributed by atoms with van der Waals surface area (Å²) in [6.45, 7) is 4.36. The van der Waals surface area contributed by atoms with Crippen molar-refractivity contribution in [2.75, 3.05) is 0 Å². The van der Waals surface area contributed by atoms with Crippen molar-refractivity contribution in [2.24, 2.45) is 0 Å². The molecule has 0 saturated heterocycles. The minimum Gasteiger partial charge on any atom is -0.411 e. The van der Waals surface area contributed by atoms with Gasteiger partial charge in [0.25, 0.3) is 5.22 Å². The lowest BCUT2D eigenvalue weighted by Crippen LogP contribution is -2.30. The van der Waals surface area contributed by atoms with Crippen LogP contribution in [0.4, 0.5) is 0 Å². The van der Waals surface area contributed by atoms with E-state index in [9.17, 15) is 4.79 Å². The summed E-state index contributed by atoms with van der Waals surface area (Å²) in [4.78, 5) is 12.2. The number of hydrogen-bond donors (Lipinski definition) is 1. The van der Waals surface area contributed by atoms with Crippen molar-refractivity contribution in [1.82, 2.24) is 15.5 Å². The van der Waals surface area contributed by atoms with E-state index in [1.165, 1.54) is 17.3 Å². The number of thioether (sulfide) groups is 1. The van der Waals surface area contributed by atoms with Crippen LogP contribution in [0.1, 0.15) is 18.1 Å². The van der Waals surface area contributed by atoms with E-state index in [1.54, 1.807) is 0 Å². The minimum atomic E-state index is -0.325. The van der Waals surface area contributed by atoms with Gasteiger partial charge in [-0.15, -0.1) is 10.2 Å². The molecule has 1 heterocycles. The lowest BCUT2D eigenvalue weighted by molar-refractivity contribution is -0.120. The first-order valence-corrected chi connectivity index (χ1v) is 8.88. The summed E-state index contributed by atoms with van der Waals surface area (Å²) in [6.07, 6.45) is 0. The van der Waals surface area contributed by atoms with Gasteiger partial charge < -0.3 is 9.73 Å². The first-order chi connectivity index (χ1) is 12.1. The molecule has 1 aromatic heterocycles. The van der Waals surface area contributed by atoms with E-state index in [2.05, 4.69) is 15.5 Å². The number of carbonyl (C=O) groups excluding carboxylic acids is 1. The SMILES string of the molecule is Cc1ccc(CNC(=O)C(C)Sc2nnc(-c3ccccc3)o2)cc1. The average Bonchev–Trinajstić information content (AvgIpc) is 3.10. The lowest BCUT2D eigenvalue weighted by Gasteiger charge is -2.10. The number of rotatable bonds is 6. The predicted molar refractivity (Wildman–Crippen MR) is 98.1 cm³/mol. The Morgan fingerprint density at radius 2 is 1.84 bits per heavy atom. The number of amides is 1. The van der Waals surface area contributed by atoms with E-state index in [0.717, 1.165) is 11.1 Å². The second-order valence-corrected chi connectivity index (χ2v) is 6.99. The second kappa shape index (κ2) is 7.98. The van der Waals surface area contributed by atoms with E-state index in [1.807, 2.05) is 68.4 Å². The molecule has 6 heteroatoms.